The van der Waals surface area contributed by atoms with Gasteiger partial charge in [0.2, 0.25) is 15.9 Å². The fourth-order valence-corrected chi connectivity index (χ4v) is 5.61. The number of anilines is 1. The van der Waals surface area contributed by atoms with E-state index in [4.69, 9.17) is 0 Å². The van der Waals surface area contributed by atoms with Gasteiger partial charge < -0.3 is 5.32 Å². The molecule has 2 aromatic rings. The average Bonchev–Trinajstić information content (AvgIpc) is 2.74. The van der Waals surface area contributed by atoms with Gasteiger partial charge in [-0.25, -0.2) is 8.42 Å². The SMILES string of the molecule is Cc1ccc(S(=O)(=O)N2CCC(C(=O)Nc3c(C(C)C)cccc3C(C)C)CC2)cc1. The zero-order chi connectivity index (χ0) is 22.8. The van der Waals surface area contributed by atoms with Gasteiger partial charge in [0, 0.05) is 24.7 Å². The van der Waals surface area contributed by atoms with E-state index in [1.165, 1.54) is 4.31 Å². The molecule has 3 rings (SSSR count). The second kappa shape index (κ2) is 9.53. The minimum absolute atomic E-state index is 0.0117. The molecule has 0 atom stereocenters. The topological polar surface area (TPSA) is 66.5 Å². The standard InChI is InChI=1S/C25H34N2O3S/c1-17(2)22-7-6-8-23(18(3)4)24(22)26-25(28)20-13-15-27(16-14-20)31(29,30)21-11-9-19(5)10-12-21/h6-12,17-18,20H,13-16H2,1-5H3,(H,26,28). The molecule has 1 fully saturated rings. The van der Waals surface area contributed by atoms with Gasteiger partial charge in [-0.15, -0.1) is 0 Å². The molecule has 1 N–H and O–H groups in total. The first-order chi connectivity index (χ1) is 14.6. The van der Waals surface area contributed by atoms with E-state index in [0.29, 0.717) is 42.7 Å². The van der Waals surface area contributed by atoms with Crippen molar-refractivity contribution in [2.75, 3.05) is 18.4 Å². The predicted octanol–water partition coefficient (Wildman–Crippen LogP) is 5.28. The van der Waals surface area contributed by atoms with Gasteiger partial charge in [-0.05, 0) is 54.9 Å². The van der Waals surface area contributed by atoms with Crippen LogP contribution in [0.15, 0.2) is 47.4 Å². The summed E-state index contributed by atoms with van der Waals surface area (Å²) < 4.78 is 27.4. The largest absolute Gasteiger partial charge is 0.325 e. The lowest BCUT2D eigenvalue weighted by atomic mass is 9.91. The molecule has 0 unspecified atom stereocenters. The molecule has 0 bridgehead atoms. The lowest BCUT2D eigenvalue weighted by Crippen LogP contribution is -2.41. The van der Waals surface area contributed by atoms with E-state index >= 15 is 0 Å². The lowest BCUT2D eigenvalue weighted by Gasteiger charge is -2.31. The third-order valence-corrected chi connectivity index (χ3v) is 8.02. The number of amides is 1. The highest BCUT2D eigenvalue weighted by atomic mass is 32.2. The highest BCUT2D eigenvalue weighted by Gasteiger charge is 2.32. The normalized spacial score (nSPS) is 16.1. The number of carbonyl (C=O) groups is 1. The van der Waals surface area contributed by atoms with Crippen LogP contribution in [0, 0.1) is 12.8 Å². The van der Waals surface area contributed by atoms with Crippen molar-refractivity contribution >= 4 is 21.6 Å². The van der Waals surface area contributed by atoms with Crippen molar-refractivity contribution in [2.24, 2.45) is 5.92 Å². The van der Waals surface area contributed by atoms with Crippen molar-refractivity contribution in [1.82, 2.24) is 4.31 Å². The Morgan fingerprint density at radius 1 is 0.935 bits per heavy atom. The lowest BCUT2D eigenvalue weighted by molar-refractivity contribution is -0.120. The van der Waals surface area contributed by atoms with Crippen molar-refractivity contribution in [1.29, 1.82) is 0 Å². The van der Waals surface area contributed by atoms with E-state index in [2.05, 4.69) is 51.2 Å². The average molecular weight is 443 g/mol. The molecule has 6 heteroatoms. The second-order valence-electron chi connectivity index (χ2n) is 9.10. The molecule has 0 radical (unpaired) electrons. The van der Waals surface area contributed by atoms with Crippen LogP contribution in [-0.2, 0) is 14.8 Å². The van der Waals surface area contributed by atoms with Crippen LogP contribution in [0.3, 0.4) is 0 Å². The number of aryl methyl sites for hydroxylation is 1. The van der Waals surface area contributed by atoms with Crippen LogP contribution in [0.1, 0.15) is 69.1 Å². The van der Waals surface area contributed by atoms with Crippen LogP contribution in [-0.4, -0.2) is 31.7 Å². The molecular formula is C25H34N2O3S. The molecule has 0 aromatic heterocycles. The van der Waals surface area contributed by atoms with E-state index in [9.17, 15) is 13.2 Å². The molecular weight excluding hydrogens is 408 g/mol. The van der Waals surface area contributed by atoms with Crippen molar-refractivity contribution in [2.45, 2.75) is 64.2 Å². The highest BCUT2D eigenvalue weighted by molar-refractivity contribution is 7.89. The summed E-state index contributed by atoms with van der Waals surface area (Å²) in [6.07, 6.45) is 1.05. The van der Waals surface area contributed by atoms with E-state index in [0.717, 1.165) is 22.4 Å². The van der Waals surface area contributed by atoms with Crippen LogP contribution in [0.5, 0.6) is 0 Å². The molecule has 1 amide bonds. The first-order valence-corrected chi connectivity index (χ1v) is 12.6. The van der Waals surface area contributed by atoms with Crippen molar-refractivity contribution in [3.05, 3.63) is 59.2 Å². The smallest absolute Gasteiger partial charge is 0.243 e. The quantitative estimate of drug-likeness (QED) is 0.662. The number of rotatable bonds is 6. The number of carbonyl (C=O) groups excluding carboxylic acids is 1. The summed E-state index contributed by atoms with van der Waals surface area (Å²) in [7, 11) is -3.52. The molecule has 1 aliphatic rings. The first-order valence-electron chi connectivity index (χ1n) is 11.1. The summed E-state index contributed by atoms with van der Waals surface area (Å²) in [5.41, 5.74) is 4.22. The van der Waals surface area contributed by atoms with Crippen LogP contribution in [0.4, 0.5) is 5.69 Å². The first kappa shape index (κ1) is 23.5. The van der Waals surface area contributed by atoms with Gasteiger partial charge >= 0.3 is 0 Å². The Kier molecular flexibility index (Phi) is 7.22. The number of benzene rings is 2. The Morgan fingerprint density at radius 2 is 1.45 bits per heavy atom. The number of hydrogen-bond acceptors (Lipinski definition) is 3. The van der Waals surface area contributed by atoms with Crippen molar-refractivity contribution < 1.29 is 13.2 Å². The molecule has 1 aliphatic heterocycles. The summed E-state index contributed by atoms with van der Waals surface area (Å²) in [4.78, 5) is 13.4. The predicted molar refractivity (Wildman–Crippen MR) is 126 cm³/mol. The molecule has 0 spiro atoms. The summed E-state index contributed by atoms with van der Waals surface area (Å²) in [6.45, 7) is 11.2. The zero-order valence-corrected chi connectivity index (χ0v) is 20.0. The number of para-hydroxylation sites is 1. The van der Waals surface area contributed by atoms with Crippen LogP contribution < -0.4 is 5.32 Å². The maximum atomic E-state index is 13.1. The monoisotopic (exact) mass is 442 g/mol. The maximum absolute atomic E-state index is 13.1. The van der Waals surface area contributed by atoms with Crippen LogP contribution >= 0.6 is 0 Å². The molecule has 5 nitrogen and oxygen atoms in total. The highest BCUT2D eigenvalue weighted by Crippen LogP contribution is 2.33. The zero-order valence-electron chi connectivity index (χ0n) is 19.2. The molecule has 0 aliphatic carbocycles. The Balaban J connectivity index is 1.71. The Labute approximate surface area is 186 Å². The molecule has 1 heterocycles. The molecule has 31 heavy (non-hydrogen) atoms. The van der Waals surface area contributed by atoms with E-state index in [-0.39, 0.29) is 11.8 Å². The number of sulfonamides is 1. The fourth-order valence-electron chi connectivity index (χ4n) is 4.14. The molecule has 2 aromatic carbocycles. The van der Waals surface area contributed by atoms with Gasteiger partial charge in [0.15, 0.2) is 0 Å². The molecule has 168 valence electrons. The number of piperidine rings is 1. The van der Waals surface area contributed by atoms with Gasteiger partial charge in [-0.3, -0.25) is 4.79 Å². The number of hydrogen-bond donors (Lipinski definition) is 1. The minimum Gasteiger partial charge on any atom is -0.325 e. The van der Waals surface area contributed by atoms with Gasteiger partial charge in [-0.2, -0.15) is 4.31 Å². The van der Waals surface area contributed by atoms with Crippen molar-refractivity contribution in [3.8, 4) is 0 Å². The molecule has 1 saturated heterocycles. The minimum atomic E-state index is -3.52. The Morgan fingerprint density at radius 3 is 1.94 bits per heavy atom. The van der Waals surface area contributed by atoms with Gasteiger partial charge in [0.25, 0.3) is 0 Å². The Bertz CT molecular complexity index is 993. The number of nitrogens with zero attached hydrogens (tertiary/aromatic N) is 1. The van der Waals surface area contributed by atoms with E-state index in [1.807, 2.05) is 19.1 Å². The Hall–Kier alpha value is -2.18. The van der Waals surface area contributed by atoms with Crippen LogP contribution in [0.25, 0.3) is 0 Å². The van der Waals surface area contributed by atoms with Gasteiger partial charge in [0.05, 0.1) is 4.90 Å². The second-order valence-corrected chi connectivity index (χ2v) is 11.0. The molecule has 0 saturated carbocycles. The van der Waals surface area contributed by atoms with Gasteiger partial charge in [-0.1, -0.05) is 63.6 Å². The maximum Gasteiger partial charge on any atom is 0.243 e. The summed E-state index contributed by atoms with van der Waals surface area (Å²) >= 11 is 0. The summed E-state index contributed by atoms with van der Waals surface area (Å²) in [5, 5.41) is 3.20. The summed E-state index contributed by atoms with van der Waals surface area (Å²) in [6, 6.07) is 13.1. The van der Waals surface area contributed by atoms with Gasteiger partial charge in [0.1, 0.15) is 0 Å². The van der Waals surface area contributed by atoms with Crippen molar-refractivity contribution in [3.63, 3.8) is 0 Å². The fraction of sp³-hybridized carbons (Fsp3) is 0.480. The third kappa shape index (κ3) is 5.18. The van der Waals surface area contributed by atoms with E-state index < -0.39 is 10.0 Å². The third-order valence-electron chi connectivity index (χ3n) is 6.10. The summed E-state index contributed by atoms with van der Waals surface area (Å²) in [5.74, 6) is 0.401. The van der Waals surface area contributed by atoms with E-state index in [1.54, 1.807) is 12.1 Å². The van der Waals surface area contributed by atoms with Crippen LogP contribution in [0.2, 0.25) is 0 Å². The number of nitrogens with one attached hydrogen (secondary N) is 1.